The first-order chi connectivity index (χ1) is 14.9. The molecule has 3 heterocycles. The lowest BCUT2D eigenvalue weighted by Gasteiger charge is -2.29. The third kappa shape index (κ3) is 6.40. The van der Waals surface area contributed by atoms with Gasteiger partial charge in [-0.15, -0.1) is 0 Å². The molecule has 0 spiro atoms. The molecule has 0 radical (unpaired) electrons. The lowest BCUT2D eigenvalue weighted by molar-refractivity contribution is -0.142. The van der Waals surface area contributed by atoms with Crippen molar-refractivity contribution < 1.29 is 24.3 Å². The van der Waals surface area contributed by atoms with Gasteiger partial charge in [0.25, 0.3) is 12.4 Å². The Kier molecular flexibility index (Phi) is 9.23. The van der Waals surface area contributed by atoms with Gasteiger partial charge >= 0.3 is 0 Å². The van der Waals surface area contributed by atoms with E-state index in [9.17, 15) is 14.4 Å². The predicted octanol–water partition coefficient (Wildman–Crippen LogP) is 0.582. The maximum atomic E-state index is 12.9. The molecule has 2 N–H and O–H groups in total. The summed E-state index contributed by atoms with van der Waals surface area (Å²) in [6, 6.07) is 3.33. The fourth-order valence-electron chi connectivity index (χ4n) is 3.95. The van der Waals surface area contributed by atoms with Gasteiger partial charge in [-0.25, -0.2) is 4.98 Å². The number of hydrogen-bond donors (Lipinski definition) is 2. The normalized spacial score (nSPS) is 18.5. The van der Waals surface area contributed by atoms with Gasteiger partial charge in [-0.3, -0.25) is 19.2 Å². The number of anilines is 1. The van der Waals surface area contributed by atoms with Crippen molar-refractivity contribution in [2.24, 2.45) is 0 Å². The molecule has 2 aliphatic rings. The second kappa shape index (κ2) is 11.9. The van der Waals surface area contributed by atoms with E-state index in [1.165, 1.54) is 6.92 Å². The molecule has 2 fully saturated rings. The predicted molar refractivity (Wildman–Crippen MR) is 115 cm³/mol. The van der Waals surface area contributed by atoms with Crippen molar-refractivity contribution in [3.8, 4) is 0 Å². The number of hydrogen-bond acceptors (Lipinski definition) is 6. The molecular weight excluding hydrogens is 402 g/mol. The summed E-state index contributed by atoms with van der Waals surface area (Å²) in [6.07, 6.45) is 4.08. The van der Waals surface area contributed by atoms with Gasteiger partial charge in [-0.05, 0) is 38.3 Å². The first-order valence-electron chi connectivity index (χ1n) is 10.6. The van der Waals surface area contributed by atoms with Crippen molar-refractivity contribution in [1.82, 2.24) is 20.1 Å². The van der Waals surface area contributed by atoms with Gasteiger partial charge in [0.05, 0.1) is 5.56 Å². The van der Waals surface area contributed by atoms with Gasteiger partial charge in [0.1, 0.15) is 11.9 Å². The number of pyridine rings is 1. The molecule has 0 bridgehead atoms. The van der Waals surface area contributed by atoms with Crippen molar-refractivity contribution in [3.63, 3.8) is 0 Å². The Balaban J connectivity index is 0.00000107. The van der Waals surface area contributed by atoms with E-state index in [0.29, 0.717) is 38.3 Å². The SMILES string of the molecule is CCNC(=O)c1ccc(N2CCCN(C(=O)[C@@H]3CCCN3C(C)=O)CC2)nc1.O=CO. The fraction of sp³-hybridized carbons (Fsp3) is 0.571. The largest absolute Gasteiger partial charge is 0.483 e. The topological polar surface area (TPSA) is 123 Å². The van der Waals surface area contributed by atoms with Crippen LogP contribution in [0.5, 0.6) is 0 Å². The number of nitrogens with zero attached hydrogens (tertiary/aromatic N) is 4. The number of nitrogens with one attached hydrogen (secondary N) is 1. The van der Waals surface area contributed by atoms with Crippen molar-refractivity contribution in [2.45, 2.75) is 39.2 Å². The molecule has 0 aliphatic carbocycles. The van der Waals surface area contributed by atoms with Gasteiger partial charge in [-0.2, -0.15) is 0 Å². The molecular formula is C21H31N5O5. The first kappa shape index (κ1) is 24.1. The Morgan fingerprint density at radius 1 is 1.16 bits per heavy atom. The minimum absolute atomic E-state index is 0.0244. The molecule has 0 aromatic carbocycles. The number of carbonyl (C=O) groups excluding carboxylic acids is 3. The molecule has 3 amide bonds. The van der Waals surface area contributed by atoms with Crippen molar-refractivity contribution in [3.05, 3.63) is 23.9 Å². The zero-order valence-electron chi connectivity index (χ0n) is 18.1. The van der Waals surface area contributed by atoms with Crippen LogP contribution in [-0.4, -0.2) is 89.4 Å². The van der Waals surface area contributed by atoms with Crippen LogP contribution in [-0.2, 0) is 14.4 Å². The summed E-state index contributed by atoms with van der Waals surface area (Å²) < 4.78 is 0. The lowest BCUT2D eigenvalue weighted by atomic mass is 10.2. The highest BCUT2D eigenvalue weighted by Crippen LogP contribution is 2.21. The third-order valence-corrected chi connectivity index (χ3v) is 5.42. The summed E-state index contributed by atoms with van der Waals surface area (Å²) in [5, 5.41) is 9.65. The van der Waals surface area contributed by atoms with E-state index in [4.69, 9.17) is 9.90 Å². The van der Waals surface area contributed by atoms with Crippen LogP contribution in [0.25, 0.3) is 0 Å². The number of carboxylic acid groups (broad SMARTS) is 1. The minimum atomic E-state index is -0.307. The van der Waals surface area contributed by atoms with E-state index in [-0.39, 0.29) is 30.2 Å². The van der Waals surface area contributed by atoms with Crippen molar-refractivity contribution >= 4 is 30.0 Å². The monoisotopic (exact) mass is 433 g/mol. The summed E-state index contributed by atoms with van der Waals surface area (Å²) >= 11 is 0. The molecule has 1 aromatic rings. The average Bonchev–Trinajstić information content (AvgIpc) is 3.13. The summed E-state index contributed by atoms with van der Waals surface area (Å²) in [5.74, 6) is 0.729. The average molecular weight is 434 g/mol. The third-order valence-electron chi connectivity index (χ3n) is 5.42. The maximum absolute atomic E-state index is 12.9. The smallest absolute Gasteiger partial charge is 0.290 e. The van der Waals surface area contributed by atoms with Crippen LogP contribution >= 0.6 is 0 Å². The van der Waals surface area contributed by atoms with E-state index in [1.807, 2.05) is 17.9 Å². The quantitative estimate of drug-likeness (QED) is 0.666. The van der Waals surface area contributed by atoms with Crippen LogP contribution in [0, 0.1) is 0 Å². The highest BCUT2D eigenvalue weighted by Gasteiger charge is 2.35. The summed E-state index contributed by atoms with van der Waals surface area (Å²) in [6.45, 7) is 7.21. The van der Waals surface area contributed by atoms with Crippen LogP contribution in [0.3, 0.4) is 0 Å². The molecule has 2 saturated heterocycles. The number of amides is 3. The lowest BCUT2D eigenvalue weighted by Crippen LogP contribution is -2.48. The zero-order chi connectivity index (χ0) is 22.8. The molecule has 0 unspecified atom stereocenters. The molecule has 10 heteroatoms. The zero-order valence-corrected chi connectivity index (χ0v) is 18.1. The second-order valence-corrected chi connectivity index (χ2v) is 7.41. The van der Waals surface area contributed by atoms with Gasteiger partial charge in [-0.1, -0.05) is 0 Å². The number of rotatable bonds is 4. The second-order valence-electron chi connectivity index (χ2n) is 7.41. The first-order valence-corrected chi connectivity index (χ1v) is 10.6. The molecule has 3 rings (SSSR count). The Bertz CT molecular complexity index is 770. The van der Waals surface area contributed by atoms with Crippen LogP contribution in [0.4, 0.5) is 5.82 Å². The Morgan fingerprint density at radius 3 is 2.52 bits per heavy atom. The number of likely N-dealkylation sites (tertiary alicyclic amines) is 1. The van der Waals surface area contributed by atoms with Crippen molar-refractivity contribution in [2.75, 3.05) is 44.2 Å². The summed E-state index contributed by atoms with van der Waals surface area (Å²) in [7, 11) is 0. The van der Waals surface area contributed by atoms with Crippen LogP contribution in [0.1, 0.15) is 43.5 Å². The van der Waals surface area contributed by atoms with Crippen LogP contribution in [0.2, 0.25) is 0 Å². The standard InChI is InChI=1S/C20H29N5O3.CH2O2/c1-3-21-19(27)16-7-8-18(22-14-16)23-9-5-10-24(13-12-23)20(28)17-6-4-11-25(17)15(2)26;2-1-3/h7-8,14,17H,3-6,9-13H2,1-2H3,(H,21,27);1H,(H,2,3)/t17-;/m0./s1. The van der Waals surface area contributed by atoms with Crippen LogP contribution in [0.15, 0.2) is 18.3 Å². The van der Waals surface area contributed by atoms with Crippen LogP contribution < -0.4 is 10.2 Å². The van der Waals surface area contributed by atoms with E-state index < -0.39 is 0 Å². The van der Waals surface area contributed by atoms with Crippen molar-refractivity contribution in [1.29, 1.82) is 0 Å². The van der Waals surface area contributed by atoms with E-state index in [1.54, 1.807) is 17.2 Å². The number of aromatic nitrogens is 1. The Morgan fingerprint density at radius 2 is 1.90 bits per heavy atom. The molecule has 1 atom stereocenters. The maximum Gasteiger partial charge on any atom is 0.290 e. The molecule has 0 saturated carbocycles. The number of carbonyl (C=O) groups is 4. The van der Waals surface area contributed by atoms with Gasteiger partial charge in [0, 0.05) is 52.4 Å². The Labute approximate surface area is 182 Å². The van der Waals surface area contributed by atoms with Gasteiger partial charge in [0.15, 0.2) is 0 Å². The molecule has 170 valence electrons. The van der Waals surface area contributed by atoms with E-state index in [2.05, 4.69) is 15.2 Å². The van der Waals surface area contributed by atoms with E-state index >= 15 is 0 Å². The highest BCUT2D eigenvalue weighted by molar-refractivity contribution is 5.94. The van der Waals surface area contributed by atoms with Gasteiger partial charge < -0.3 is 25.1 Å². The molecule has 31 heavy (non-hydrogen) atoms. The molecule has 10 nitrogen and oxygen atoms in total. The Hall–Kier alpha value is -3.17. The molecule has 1 aromatic heterocycles. The summed E-state index contributed by atoms with van der Waals surface area (Å²) in [4.78, 5) is 55.1. The highest BCUT2D eigenvalue weighted by atomic mass is 16.3. The molecule has 2 aliphatic heterocycles. The summed E-state index contributed by atoms with van der Waals surface area (Å²) in [5.41, 5.74) is 0.544. The van der Waals surface area contributed by atoms with Gasteiger partial charge in [0.2, 0.25) is 11.8 Å². The minimum Gasteiger partial charge on any atom is -0.483 e. The fourth-order valence-corrected chi connectivity index (χ4v) is 3.95. The van der Waals surface area contributed by atoms with E-state index in [0.717, 1.165) is 31.6 Å².